The molecule has 0 aliphatic carbocycles. The van der Waals surface area contributed by atoms with Gasteiger partial charge in [-0.05, 0) is 0 Å². The molecule has 0 heterocycles. The molecule has 14 heteroatoms. The van der Waals surface area contributed by atoms with Gasteiger partial charge in [0.1, 0.15) is 6.61 Å². The van der Waals surface area contributed by atoms with Crippen LogP contribution in [-0.2, 0) is 14.6 Å². The molecule has 0 aromatic carbocycles. The van der Waals surface area contributed by atoms with Crippen LogP contribution < -0.4 is 0 Å². The number of rotatable bonds is 4. The summed E-state index contributed by atoms with van der Waals surface area (Å²) in [6, 6.07) is 0. The zero-order valence-corrected chi connectivity index (χ0v) is 10.9. The second kappa shape index (κ2) is 5.76. The molecule has 0 saturated carbocycles. The quantitative estimate of drug-likeness (QED) is 0.417. The largest absolute Gasteiger partial charge is 0.483 e. The number of hydrogen-bond acceptors (Lipinski definition) is 2. The lowest BCUT2D eigenvalue weighted by molar-refractivity contribution is -0.560. The van der Waals surface area contributed by atoms with Gasteiger partial charge in [0.2, 0.25) is 3.79 Å². The summed E-state index contributed by atoms with van der Waals surface area (Å²) in [6.45, 7) is -1.76. The van der Waals surface area contributed by atoms with E-state index in [4.69, 9.17) is 34.8 Å². The highest BCUT2D eigenvalue weighted by Gasteiger charge is 2.71. The predicted octanol–water partition coefficient (Wildman–Crippen LogP) is 4.19. The van der Waals surface area contributed by atoms with E-state index in [-0.39, 0.29) is 0 Å². The van der Waals surface area contributed by atoms with Crippen molar-refractivity contribution in [2.45, 2.75) is 28.2 Å². The number of alkyl halides is 11. The van der Waals surface area contributed by atoms with Gasteiger partial charge in [-0.2, -0.15) is 40.2 Å². The van der Waals surface area contributed by atoms with Crippen LogP contribution in [0.5, 0.6) is 0 Å². The first-order chi connectivity index (χ1) is 8.41. The minimum Gasteiger partial charge on any atom is -0.314 e. The fraction of sp³-hybridized carbons (Fsp3) is 1.00. The van der Waals surface area contributed by atoms with Gasteiger partial charge in [-0.25, -0.2) is 4.74 Å². The lowest BCUT2D eigenvalue weighted by atomic mass is 10.5. The molecule has 0 aliphatic rings. The summed E-state index contributed by atoms with van der Waals surface area (Å²) in [5.41, 5.74) is 0. The third kappa shape index (κ3) is 5.53. The minimum absolute atomic E-state index is 1.76. The van der Waals surface area contributed by atoms with Crippen LogP contribution in [0.4, 0.5) is 35.1 Å². The van der Waals surface area contributed by atoms with Gasteiger partial charge in [0.15, 0.2) is 0 Å². The van der Waals surface area contributed by atoms with E-state index in [1.54, 1.807) is 0 Å². The fourth-order valence-corrected chi connectivity index (χ4v) is 0.736. The summed E-state index contributed by atoms with van der Waals surface area (Å²) < 4.78 is 99.2. The molecule has 0 rings (SSSR count). The van der Waals surface area contributed by atoms with Crippen LogP contribution in [-0.4, -0.2) is 34.8 Å². The molecule has 0 N–H and O–H groups in total. The SMILES string of the molecule is [O]C(OCC(Cl)(Cl)Cl)(OC(F)(F)C(F)(F)F)C(F)(F)F. The first-order valence-corrected chi connectivity index (χ1v) is 5.17. The van der Waals surface area contributed by atoms with Crippen LogP contribution in [0, 0.1) is 0 Å². The maximum Gasteiger partial charge on any atom is 0.483 e. The van der Waals surface area contributed by atoms with E-state index in [1.807, 2.05) is 0 Å². The van der Waals surface area contributed by atoms with Crippen molar-refractivity contribution in [3.63, 3.8) is 0 Å². The van der Waals surface area contributed by atoms with Crippen LogP contribution in [0.2, 0.25) is 0 Å². The van der Waals surface area contributed by atoms with Gasteiger partial charge >= 0.3 is 24.4 Å². The number of ether oxygens (including phenoxy) is 2. The molecule has 0 bridgehead atoms. The van der Waals surface area contributed by atoms with Crippen LogP contribution in [0.25, 0.3) is 0 Å². The van der Waals surface area contributed by atoms with E-state index in [0.29, 0.717) is 0 Å². The molecule has 0 amide bonds. The predicted molar refractivity (Wildman–Crippen MR) is 47.8 cm³/mol. The van der Waals surface area contributed by atoms with Gasteiger partial charge in [-0.3, -0.25) is 0 Å². The van der Waals surface area contributed by atoms with E-state index in [0.717, 1.165) is 0 Å². The van der Waals surface area contributed by atoms with Gasteiger partial charge in [0.05, 0.1) is 0 Å². The third-order valence-electron chi connectivity index (χ3n) is 1.37. The maximum atomic E-state index is 12.3. The standard InChI is InChI=1S/C6H2Cl3F8O3/c7-2(8,9)1-19-6(18,4(13,14)15)20-5(16,17)3(10,11)12/h1H2. The Labute approximate surface area is 120 Å². The summed E-state index contributed by atoms with van der Waals surface area (Å²) in [4.78, 5) is 0. The van der Waals surface area contributed by atoms with E-state index in [9.17, 15) is 40.2 Å². The highest BCUT2D eigenvalue weighted by molar-refractivity contribution is 6.67. The van der Waals surface area contributed by atoms with Crippen LogP contribution in [0.3, 0.4) is 0 Å². The van der Waals surface area contributed by atoms with E-state index >= 15 is 0 Å². The summed E-state index contributed by atoms with van der Waals surface area (Å²) in [5, 5.41) is 10.9. The second-order valence-corrected chi connectivity index (χ2v) is 5.59. The molecule has 0 spiro atoms. The smallest absolute Gasteiger partial charge is 0.314 e. The molecule has 1 atom stereocenters. The highest BCUT2D eigenvalue weighted by atomic mass is 35.6. The summed E-state index contributed by atoms with van der Waals surface area (Å²) in [6.07, 6.45) is -19.3. The Balaban J connectivity index is 5.29. The summed E-state index contributed by atoms with van der Waals surface area (Å²) in [5.74, 6) is -5.59. The van der Waals surface area contributed by atoms with Crippen molar-refractivity contribution < 1.29 is 49.7 Å². The molecule has 0 fully saturated rings. The molecule has 20 heavy (non-hydrogen) atoms. The van der Waals surface area contributed by atoms with Gasteiger partial charge in [-0.15, -0.1) is 0 Å². The Morgan fingerprint density at radius 3 is 1.45 bits per heavy atom. The van der Waals surface area contributed by atoms with Crippen LogP contribution in [0.1, 0.15) is 0 Å². The average molecular weight is 380 g/mol. The van der Waals surface area contributed by atoms with Crippen molar-refractivity contribution in [2.75, 3.05) is 6.61 Å². The van der Waals surface area contributed by atoms with Crippen molar-refractivity contribution in [1.29, 1.82) is 0 Å². The summed E-state index contributed by atoms with van der Waals surface area (Å²) in [7, 11) is 0. The van der Waals surface area contributed by atoms with Crippen molar-refractivity contribution in [2.24, 2.45) is 0 Å². The third-order valence-corrected chi connectivity index (χ3v) is 1.69. The molecule has 1 unspecified atom stereocenters. The first kappa shape index (κ1) is 20.2. The van der Waals surface area contributed by atoms with Crippen molar-refractivity contribution in [3.05, 3.63) is 0 Å². The van der Waals surface area contributed by atoms with Crippen molar-refractivity contribution in [3.8, 4) is 0 Å². The molecular weight excluding hydrogens is 378 g/mol. The summed E-state index contributed by atoms with van der Waals surface area (Å²) >= 11 is 14.7. The fourth-order valence-electron chi connectivity index (χ4n) is 0.573. The Bertz CT molecular complexity index is 338. The normalized spacial score (nSPS) is 18.0. The van der Waals surface area contributed by atoms with Crippen molar-refractivity contribution >= 4 is 34.8 Å². The molecule has 0 saturated heterocycles. The van der Waals surface area contributed by atoms with Crippen LogP contribution >= 0.6 is 34.8 Å². The zero-order valence-electron chi connectivity index (χ0n) is 8.59. The van der Waals surface area contributed by atoms with Gasteiger partial charge in [0, 0.05) is 0 Å². The lowest BCUT2D eigenvalue weighted by Gasteiger charge is -2.32. The van der Waals surface area contributed by atoms with E-state index < -0.39 is 34.8 Å². The molecule has 121 valence electrons. The van der Waals surface area contributed by atoms with Gasteiger partial charge < -0.3 is 4.74 Å². The van der Waals surface area contributed by atoms with E-state index in [2.05, 4.69) is 9.47 Å². The highest BCUT2D eigenvalue weighted by Crippen LogP contribution is 2.44. The second-order valence-electron chi connectivity index (χ2n) is 3.07. The number of hydrogen-bond donors (Lipinski definition) is 0. The Hall–Kier alpha value is 0.190. The molecule has 0 aromatic rings. The lowest BCUT2D eigenvalue weighted by Crippen LogP contribution is -2.57. The maximum absolute atomic E-state index is 12.3. The monoisotopic (exact) mass is 379 g/mol. The molecule has 3 nitrogen and oxygen atoms in total. The Morgan fingerprint density at radius 2 is 1.20 bits per heavy atom. The first-order valence-electron chi connectivity index (χ1n) is 4.04. The Kier molecular flexibility index (Phi) is 5.82. The molecule has 1 radical (unpaired) electrons. The molecule has 0 aromatic heterocycles. The number of halogens is 11. The minimum atomic E-state index is -6.59. The zero-order chi connectivity index (χ0) is 16.6. The topological polar surface area (TPSA) is 38.4 Å². The molecular formula is C6H2Cl3F8O3. The Morgan fingerprint density at radius 1 is 0.800 bits per heavy atom. The van der Waals surface area contributed by atoms with Gasteiger partial charge in [-0.1, -0.05) is 34.8 Å². The van der Waals surface area contributed by atoms with Gasteiger partial charge in [0.25, 0.3) is 0 Å². The molecule has 0 aliphatic heterocycles. The van der Waals surface area contributed by atoms with E-state index in [1.165, 1.54) is 0 Å². The average Bonchev–Trinajstić information content (AvgIpc) is 2.09. The van der Waals surface area contributed by atoms with Crippen LogP contribution in [0.15, 0.2) is 0 Å². The van der Waals surface area contributed by atoms with Crippen molar-refractivity contribution in [1.82, 2.24) is 0 Å².